The number of nitrogens with one attached hydrogen (secondary N) is 1. The Hall–Kier alpha value is -1.96. The quantitative estimate of drug-likeness (QED) is 0.305. The van der Waals surface area contributed by atoms with Gasteiger partial charge in [-0.05, 0) is 31.0 Å². The third-order valence-electron chi connectivity index (χ3n) is 4.31. The third-order valence-corrected chi connectivity index (χ3v) is 4.31. The number of fused-ring (bicyclic) bond motifs is 1. The van der Waals surface area contributed by atoms with Crippen molar-refractivity contribution in [2.24, 2.45) is 10.7 Å². The van der Waals surface area contributed by atoms with Crippen LogP contribution < -0.4 is 20.5 Å². The fraction of sp³-hybridized carbons (Fsp3) is 0.350. The van der Waals surface area contributed by atoms with E-state index in [4.69, 9.17) is 15.2 Å². The van der Waals surface area contributed by atoms with Crippen LogP contribution in [0, 0.1) is 13.8 Å². The van der Waals surface area contributed by atoms with E-state index in [1.54, 1.807) is 0 Å². The van der Waals surface area contributed by atoms with Crippen LogP contribution in [0.5, 0.6) is 11.5 Å². The highest BCUT2D eigenvalue weighted by Crippen LogP contribution is 2.31. The van der Waals surface area contributed by atoms with Crippen LogP contribution in [-0.4, -0.2) is 25.7 Å². The molecule has 1 aliphatic rings. The zero-order valence-corrected chi connectivity index (χ0v) is 17.5. The summed E-state index contributed by atoms with van der Waals surface area (Å²) in [7, 11) is 0. The Bertz CT molecular complexity index is 744. The first-order chi connectivity index (χ1) is 12.1. The molecule has 0 amide bonds. The van der Waals surface area contributed by atoms with Crippen molar-refractivity contribution in [1.82, 2.24) is 5.32 Å². The van der Waals surface area contributed by atoms with Crippen molar-refractivity contribution in [2.75, 3.05) is 19.8 Å². The van der Waals surface area contributed by atoms with E-state index < -0.39 is 0 Å². The molecular formula is C20H26IN3O2. The average molecular weight is 467 g/mol. The summed E-state index contributed by atoms with van der Waals surface area (Å²) in [6, 6.07) is 14.3. The second kappa shape index (κ2) is 9.66. The number of nitrogens with two attached hydrogens (primary N) is 1. The summed E-state index contributed by atoms with van der Waals surface area (Å²) in [5.74, 6) is 2.28. The predicted molar refractivity (Wildman–Crippen MR) is 116 cm³/mol. The van der Waals surface area contributed by atoms with E-state index in [2.05, 4.69) is 16.4 Å². The van der Waals surface area contributed by atoms with Crippen LogP contribution in [0.4, 0.5) is 0 Å². The molecule has 1 atom stereocenters. The van der Waals surface area contributed by atoms with Gasteiger partial charge in [0.2, 0.25) is 0 Å². The van der Waals surface area contributed by atoms with E-state index in [9.17, 15) is 0 Å². The van der Waals surface area contributed by atoms with Gasteiger partial charge in [-0.25, -0.2) is 4.99 Å². The lowest BCUT2D eigenvalue weighted by molar-refractivity contribution is 0.262. The predicted octanol–water partition coefficient (Wildman–Crippen LogP) is 3.73. The molecule has 0 radical (unpaired) electrons. The number of guanidine groups is 1. The van der Waals surface area contributed by atoms with Gasteiger partial charge in [-0.15, -0.1) is 24.0 Å². The molecule has 26 heavy (non-hydrogen) atoms. The van der Waals surface area contributed by atoms with Gasteiger partial charge in [0, 0.05) is 12.0 Å². The highest BCUT2D eigenvalue weighted by atomic mass is 127. The Balaban J connectivity index is 0.00000243. The molecule has 2 aromatic rings. The van der Waals surface area contributed by atoms with Crippen molar-refractivity contribution >= 4 is 29.9 Å². The first kappa shape index (κ1) is 20.4. The van der Waals surface area contributed by atoms with Crippen LogP contribution in [0.25, 0.3) is 0 Å². The number of aryl methyl sites for hydroxylation is 2. The van der Waals surface area contributed by atoms with E-state index in [1.807, 2.05) is 50.2 Å². The van der Waals surface area contributed by atoms with E-state index >= 15 is 0 Å². The van der Waals surface area contributed by atoms with Crippen molar-refractivity contribution < 1.29 is 9.47 Å². The van der Waals surface area contributed by atoms with Crippen LogP contribution in [0.15, 0.2) is 47.5 Å². The maximum Gasteiger partial charge on any atom is 0.189 e. The molecule has 3 N–H and O–H groups in total. The maximum atomic E-state index is 6.04. The molecule has 140 valence electrons. The number of para-hydroxylation sites is 2. The Labute approximate surface area is 172 Å². The number of aliphatic imine (C=N–C) groups is 1. The first-order valence-corrected chi connectivity index (χ1v) is 8.62. The number of hydrogen-bond donors (Lipinski definition) is 2. The van der Waals surface area contributed by atoms with Gasteiger partial charge in [-0.3, -0.25) is 0 Å². The van der Waals surface area contributed by atoms with Gasteiger partial charge in [-0.1, -0.05) is 36.4 Å². The van der Waals surface area contributed by atoms with E-state index in [-0.39, 0.29) is 30.0 Å². The van der Waals surface area contributed by atoms with Gasteiger partial charge >= 0.3 is 0 Å². The lowest BCUT2D eigenvalue weighted by Gasteiger charge is -2.26. The summed E-state index contributed by atoms with van der Waals surface area (Å²) in [4.78, 5) is 4.38. The molecule has 0 aliphatic carbocycles. The number of nitrogens with zero attached hydrogens (tertiary/aromatic N) is 1. The first-order valence-electron chi connectivity index (χ1n) is 8.62. The molecule has 0 saturated carbocycles. The third kappa shape index (κ3) is 5.03. The van der Waals surface area contributed by atoms with Crippen LogP contribution in [-0.2, 0) is 0 Å². The molecule has 0 spiro atoms. The standard InChI is InChI=1S/C20H25N3O2.HI/c1-14-6-5-7-15(2)19(14)25-13-11-22-20(21)23-17-10-12-24-18-9-4-3-8-16(17)18;/h3-9,17H,10-13H2,1-2H3,(H3,21,22,23);1H. The van der Waals surface area contributed by atoms with Crippen molar-refractivity contribution in [1.29, 1.82) is 0 Å². The van der Waals surface area contributed by atoms with E-state index in [1.165, 1.54) is 0 Å². The maximum absolute atomic E-state index is 6.04. The fourth-order valence-electron chi connectivity index (χ4n) is 3.06. The van der Waals surface area contributed by atoms with Gasteiger partial charge in [0.15, 0.2) is 5.96 Å². The molecule has 5 nitrogen and oxygen atoms in total. The normalized spacial score (nSPS) is 16.1. The van der Waals surface area contributed by atoms with E-state index in [0.717, 1.165) is 34.6 Å². The number of benzene rings is 2. The molecular weight excluding hydrogens is 441 g/mol. The summed E-state index contributed by atoms with van der Waals surface area (Å²) in [5, 5.41) is 3.29. The molecule has 1 heterocycles. The number of ether oxygens (including phenoxy) is 2. The minimum absolute atomic E-state index is 0. The summed E-state index contributed by atoms with van der Waals surface area (Å²) < 4.78 is 11.5. The largest absolute Gasteiger partial charge is 0.493 e. The lowest BCUT2D eigenvalue weighted by atomic mass is 10.0. The van der Waals surface area contributed by atoms with Gasteiger partial charge in [-0.2, -0.15) is 0 Å². The highest BCUT2D eigenvalue weighted by Gasteiger charge is 2.21. The van der Waals surface area contributed by atoms with Crippen LogP contribution in [0.2, 0.25) is 0 Å². The number of hydrogen-bond acceptors (Lipinski definition) is 3. The summed E-state index contributed by atoms with van der Waals surface area (Å²) in [6.45, 7) is 5.78. The smallest absolute Gasteiger partial charge is 0.189 e. The molecule has 2 aromatic carbocycles. The molecule has 3 rings (SSSR count). The van der Waals surface area contributed by atoms with Crippen molar-refractivity contribution in [3.63, 3.8) is 0 Å². The molecule has 6 heteroatoms. The second-order valence-electron chi connectivity index (χ2n) is 6.21. The van der Waals surface area contributed by atoms with Gasteiger partial charge in [0.1, 0.15) is 18.1 Å². The lowest BCUT2D eigenvalue weighted by Crippen LogP contribution is -2.37. The highest BCUT2D eigenvalue weighted by molar-refractivity contribution is 14.0. The average Bonchev–Trinajstić information content (AvgIpc) is 2.61. The summed E-state index contributed by atoms with van der Waals surface area (Å²) in [6.07, 6.45) is 0.867. The Morgan fingerprint density at radius 2 is 1.92 bits per heavy atom. The van der Waals surface area contributed by atoms with Gasteiger partial charge in [0.25, 0.3) is 0 Å². The van der Waals surface area contributed by atoms with Gasteiger partial charge < -0.3 is 20.5 Å². The summed E-state index contributed by atoms with van der Waals surface area (Å²) >= 11 is 0. The van der Waals surface area contributed by atoms with Crippen molar-refractivity contribution in [3.05, 3.63) is 59.2 Å². The number of halogens is 1. The Morgan fingerprint density at radius 1 is 1.19 bits per heavy atom. The molecule has 1 unspecified atom stereocenters. The molecule has 1 aliphatic heterocycles. The van der Waals surface area contributed by atoms with Crippen LogP contribution >= 0.6 is 24.0 Å². The Morgan fingerprint density at radius 3 is 2.69 bits per heavy atom. The molecule has 0 aromatic heterocycles. The summed E-state index contributed by atoms with van der Waals surface area (Å²) in [5.41, 5.74) is 9.43. The van der Waals surface area contributed by atoms with Crippen molar-refractivity contribution in [2.45, 2.75) is 26.3 Å². The van der Waals surface area contributed by atoms with Crippen LogP contribution in [0.1, 0.15) is 29.2 Å². The minimum atomic E-state index is 0. The van der Waals surface area contributed by atoms with Crippen molar-refractivity contribution in [3.8, 4) is 11.5 Å². The SMILES string of the molecule is Cc1cccc(C)c1OCCN=C(N)NC1CCOc2ccccc21.I. The van der Waals surface area contributed by atoms with Gasteiger partial charge in [0.05, 0.1) is 19.2 Å². The zero-order chi connectivity index (χ0) is 17.6. The monoisotopic (exact) mass is 467 g/mol. The zero-order valence-electron chi connectivity index (χ0n) is 15.2. The Kier molecular flexibility index (Phi) is 7.56. The molecule has 0 saturated heterocycles. The van der Waals surface area contributed by atoms with E-state index in [0.29, 0.717) is 25.7 Å². The topological polar surface area (TPSA) is 68.9 Å². The molecule has 0 fully saturated rings. The second-order valence-corrected chi connectivity index (χ2v) is 6.21. The molecule has 0 bridgehead atoms. The fourth-order valence-corrected chi connectivity index (χ4v) is 3.06. The van der Waals surface area contributed by atoms with Crippen LogP contribution in [0.3, 0.4) is 0 Å². The number of rotatable bonds is 5. The minimum Gasteiger partial charge on any atom is -0.493 e.